The van der Waals surface area contributed by atoms with E-state index in [-0.39, 0.29) is 5.82 Å². The van der Waals surface area contributed by atoms with Crippen LogP contribution in [0.2, 0.25) is 0 Å². The maximum Gasteiger partial charge on any atom is 0.170 e. The van der Waals surface area contributed by atoms with Crippen molar-refractivity contribution in [1.29, 1.82) is 0 Å². The van der Waals surface area contributed by atoms with Gasteiger partial charge in [0, 0.05) is 18.5 Å². The van der Waals surface area contributed by atoms with Crippen LogP contribution in [0.3, 0.4) is 0 Å². The van der Waals surface area contributed by atoms with Crippen LogP contribution in [-0.4, -0.2) is 25.2 Å². The average molecular weight is 332 g/mol. The fraction of sp³-hybridized carbons (Fsp3) is 0.278. The molecular formula is C18H23FN3S+. The summed E-state index contributed by atoms with van der Waals surface area (Å²) in [7, 11) is 2.18. The summed E-state index contributed by atoms with van der Waals surface area (Å²) in [5.74, 6) is -0.302. The smallest absolute Gasteiger partial charge is 0.170 e. The van der Waals surface area contributed by atoms with E-state index < -0.39 is 0 Å². The van der Waals surface area contributed by atoms with E-state index in [4.69, 9.17) is 12.2 Å². The average Bonchev–Trinajstić information content (AvgIpc) is 2.55. The van der Waals surface area contributed by atoms with Crippen LogP contribution in [0.4, 0.5) is 10.1 Å². The van der Waals surface area contributed by atoms with E-state index in [0.29, 0.717) is 10.8 Å². The minimum Gasteiger partial charge on any atom is -0.362 e. The second-order valence-corrected chi connectivity index (χ2v) is 5.99. The summed E-state index contributed by atoms with van der Waals surface area (Å²) >= 11 is 5.18. The molecule has 0 aliphatic rings. The molecule has 0 bridgehead atoms. The standard InChI is InChI=1S/C18H22FN3S/c1-22(14-15-8-3-2-4-9-15)13-7-12-20-18(23)21-17-11-6-5-10-16(17)19/h2-6,8-11H,7,12-14H2,1H3,(H2,20,21,23)/p+1. The van der Waals surface area contributed by atoms with E-state index in [2.05, 4.69) is 41.9 Å². The molecule has 0 amide bonds. The Kier molecular flexibility index (Phi) is 6.97. The fourth-order valence-corrected chi connectivity index (χ4v) is 2.57. The van der Waals surface area contributed by atoms with Crippen LogP contribution in [-0.2, 0) is 6.54 Å². The van der Waals surface area contributed by atoms with Gasteiger partial charge in [0.15, 0.2) is 5.11 Å². The molecule has 3 N–H and O–H groups in total. The highest BCUT2D eigenvalue weighted by atomic mass is 32.1. The van der Waals surface area contributed by atoms with E-state index in [1.54, 1.807) is 18.2 Å². The number of thiocarbonyl (C=S) groups is 1. The van der Waals surface area contributed by atoms with Gasteiger partial charge >= 0.3 is 0 Å². The Morgan fingerprint density at radius 2 is 1.78 bits per heavy atom. The van der Waals surface area contributed by atoms with Gasteiger partial charge in [-0.1, -0.05) is 42.5 Å². The Balaban J connectivity index is 1.63. The van der Waals surface area contributed by atoms with Gasteiger partial charge < -0.3 is 15.5 Å². The summed E-state index contributed by atoms with van der Waals surface area (Å²) in [5, 5.41) is 6.45. The van der Waals surface area contributed by atoms with Gasteiger partial charge in [0.2, 0.25) is 0 Å². The molecule has 0 aliphatic carbocycles. The minimum atomic E-state index is -0.302. The largest absolute Gasteiger partial charge is 0.362 e. The molecule has 23 heavy (non-hydrogen) atoms. The number of rotatable bonds is 7. The van der Waals surface area contributed by atoms with Crippen LogP contribution in [0.15, 0.2) is 54.6 Å². The van der Waals surface area contributed by atoms with Gasteiger partial charge in [-0.3, -0.25) is 0 Å². The van der Waals surface area contributed by atoms with Gasteiger partial charge in [-0.15, -0.1) is 0 Å². The first-order valence-electron chi connectivity index (χ1n) is 7.80. The summed E-state index contributed by atoms with van der Waals surface area (Å²) in [5.41, 5.74) is 1.74. The predicted molar refractivity (Wildman–Crippen MR) is 97.1 cm³/mol. The Bertz CT molecular complexity index is 619. The zero-order valence-electron chi connectivity index (χ0n) is 13.3. The highest BCUT2D eigenvalue weighted by Crippen LogP contribution is 2.11. The van der Waals surface area contributed by atoms with Crippen LogP contribution in [0.1, 0.15) is 12.0 Å². The lowest BCUT2D eigenvalue weighted by molar-refractivity contribution is -0.893. The van der Waals surface area contributed by atoms with E-state index in [1.807, 2.05) is 6.07 Å². The molecule has 0 saturated heterocycles. The summed E-state index contributed by atoms with van der Waals surface area (Å²) < 4.78 is 13.5. The lowest BCUT2D eigenvalue weighted by Gasteiger charge is -2.15. The number of hydrogen-bond donors (Lipinski definition) is 3. The zero-order chi connectivity index (χ0) is 16.5. The number of benzene rings is 2. The molecule has 1 unspecified atom stereocenters. The van der Waals surface area contributed by atoms with Crippen molar-refractivity contribution in [2.24, 2.45) is 0 Å². The lowest BCUT2D eigenvalue weighted by Crippen LogP contribution is -3.07. The molecule has 2 aromatic carbocycles. The Morgan fingerprint density at radius 3 is 2.52 bits per heavy atom. The van der Waals surface area contributed by atoms with Crippen molar-refractivity contribution < 1.29 is 9.29 Å². The van der Waals surface area contributed by atoms with Gasteiger partial charge in [-0.2, -0.15) is 0 Å². The normalized spacial score (nSPS) is 11.7. The van der Waals surface area contributed by atoms with Crippen LogP contribution in [0.25, 0.3) is 0 Å². The molecule has 0 heterocycles. The molecule has 5 heteroatoms. The summed E-state index contributed by atoms with van der Waals surface area (Å²) in [4.78, 5) is 1.45. The van der Waals surface area contributed by atoms with Crippen molar-refractivity contribution in [2.45, 2.75) is 13.0 Å². The van der Waals surface area contributed by atoms with Crippen LogP contribution >= 0.6 is 12.2 Å². The Hall–Kier alpha value is -1.98. The van der Waals surface area contributed by atoms with Gasteiger partial charge in [-0.25, -0.2) is 4.39 Å². The molecule has 2 rings (SSSR count). The van der Waals surface area contributed by atoms with Crippen LogP contribution in [0.5, 0.6) is 0 Å². The third kappa shape index (κ3) is 6.34. The molecule has 0 aromatic heterocycles. The van der Waals surface area contributed by atoms with Crippen molar-refractivity contribution >= 4 is 23.0 Å². The van der Waals surface area contributed by atoms with Crippen LogP contribution in [0, 0.1) is 5.82 Å². The van der Waals surface area contributed by atoms with Crippen molar-refractivity contribution in [2.75, 3.05) is 25.5 Å². The highest BCUT2D eigenvalue weighted by molar-refractivity contribution is 7.80. The van der Waals surface area contributed by atoms with Gasteiger partial charge in [0.25, 0.3) is 0 Å². The second-order valence-electron chi connectivity index (χ2n) is 5.58. The highest BCUT2D eigenvalue weighted by Gasteiger charge is 2.05. The van der Waals surface area contributed by atoms with Crippen molar-refractivity contribution in [3.63, 3.8) is 0 Å². The number of nitrogens with one attached hydrogen (secondary N) is 3. The Morgan fingerprint density at radius 1 is 1.09 bits per heavy atom. The van der Waals surface area contributed by atoms with Gasteiger partial charge in [-0.05, 0) is 24.4 Å². The molecule has 0 spiro atoms. The zero-order valence-corrected chi connectivity index (χ0v) is 14.1. The SMILES string of the molecule is C[NH+](CCCNC(=S)Nc1ccccc1F)Cc1ccccc1. The molecular weight excluding hydrogens is 309 g/mol. The van der Waals surface area contributed by atoms with Gasteiger partial charge in [0.1, 0.15) is 12.4 Å². The maximum absolute atomic E-state index is 13.5. The number of hydrogen-bond acceptors (Lipinski definition) is 1. The topological polar surface area (TPSA) is 28.5 Å². The second kappa shape index (κ2) is 9.22. The number of anilines is 1. The first kappa shape index (κ1) is 17.4. The fourth-order valence-electron chi connectivity index (χ4n) is 2.35. The van der Waals surface area contributed by atoms with E-state index in [0.717, 1.165) is 26.1 Å². The predicted octanol–water partition coefficient (Wildman–Crippen LogP) is 2.22. The van der Waals surface area contributed by atoms with E-state index in [1.165, 1.54) is 16.5 Å². The Labute approximate surface area is 142 Å². The molecule has 1 atom stereocenters. The maximum atomic E-state index is 13.5. The summed E-state index contributed by atoms with van der Waals surface area (Å²) in [6.45, 7) is 2.83. The molecule has 3 nitrogen and oxygen atoms in total. The number of halogens is 1. The quantitative estimate of drug-likeness (QED) is 0.536. The van der Waals surface area contributed by atoms with Crippen molar-refractivity contribution in [3.05, 3.63) is 66.0 Å². The van der Waals surface area contributed by atoms with E-state index in [9.17, 15) is 4.39 Å². The summed E-state index contributed by atoms with van der Waals surface area (Å²) in [6.07, 6.45) is 0.998. The third-order valence-electron chi connectivity index (χ3n) is 3.54. The first-order chi connectivity index (χ1) is 11.1. The first-order valence-corrected chi connectivity index (χ1v) is 8.20. The van der Waals surface area contributed by atoms with Gasteiger partial charge in [0.05, 0.1) is 19.3 Å². The third-order valence-corrected chi connectivity index (χ3v) is 3.78. The minimum absolute atomic E-state index is 0.302. The monoisotopic (exact) mass is 332 g/mol. The number of para-hydroxylation sites is 1. The lowest BCUT2D eigenvalue weighted by atomic mass is 10.2. The molecule has 0 radical (unpaired) electrons. The summed E-state index contributed by atoms with van der Waals surface area (Å²) in [6, 6.07) is 17.0. The van der Waals surface area contributed by atoms with E-state index >= 15 is 0 Å². The van der Waals surface area contributed by atoms with Crippen LogP contribution < -0.4 is 15.5 Å². The molecule has 0 fully saturated rings. The van der Waals surface area contributed by atoms with Crippen molar-refractivity contribution in [3.8, 4) is 0 Å². The molecule has 122 valence electrons. The molecule has 2 aromatic rings. The molecule has 0 aliphatic heterocycles. The van der Waals surface area contributed by atoms with Crippen molar-refractivity contribution in [1.82, 2.24) is 5.32 Å². The molecule has 0 saturated carbocycles. The number of quaternary nitrogens is 1.